The van der Waals surface area contributed by atoms with Gasteiger partial charge in [0, 0.05) is 19.0 Å². The van der Waals surface area contributed by atoms with Gasteiger partial charge in [0.1, 0.15) is 18.1 Å². The van der Waals surface area contributed by atoms with Gasteiger partial charge in [-0.2, -0.15) is 5.26 Å². The van der Waals surface area contributed by atoms with Crippen LogP contribution in [-0.4, -0.2) is 68.5 Å². The average Bonchev–Trinajstić information content (AvgIpc) is 3.05. The molecule has 0 radical (unpaired) electrons. The summed E-state index contributed by atoms with van der Waals surface area (Å²) in [5, 5.41) is 15.1. The van der Waals surface area contributed by atoms with E-state index in [0.717, 1.165) is 6.26 Å². The van der Waals surface area contributed by atoms with E-state index in [-0.39, 0.29) is 35.5 Å². The molecule has 2 heterocycles. The zero-order valence-electron chi connectivity index (χ0n) is 20.1. The van der Waals surface area contributed by atoms with Crippen LogP contribution < -0.4 is 15.4 Å². The molecule has 0 aromatic carbocycles. The van der Waals surface area contributed by atoms with Crippen LogP contribution in [0.1, 0.15) is 47.5 Å². The van der Waals surface area contributed by atoms with E-state index in [1.54, 1.807) is 20.8 Å². The lowest BCUT2D eigenvalue weighted by Gasteiger charge is -2.37. The maximum Gasteiger partial charge on any atom is 0.244 e. The summed E-state index contributed by atoms with van der Waals surface area (Å²) in [6.45, 7) is 10.3. The van der Waals surface area contributed by atoms with E-state index in [2.05, 4.69) is 21.4 Å². The van der Waals surface area contributed by atoms with Crippen LogP contribution >= 0.6 is 0 Å². The number of rotatable bonds is 7. The first-order valence-electron chi connectivity index (χ1n) is 11.3. The number of hydrogen-bond donors (Lipinski definition) is 3. The van der Waals surface area contributed by atoms with E-state index in [1.165, 1.54) is 4.90 Å². The number of fused-ring (bicyclic) bond motifs is 1. The first-order valence-corrected chi connectivity index (χ1v) is 13.2. The minimum atomic E-state index is -3.66. The standard InChI is InChI=1S/C22H35N5O5S/c1-21(2,3)17(26-33(6,31)32)20(30)27-11-14-15(22(14,4)5)16(27)19(29)25-13(10-23)9-12-7-8-24-18(12)28/h12-17,26H,7-9,11H2,1-6H3,(H,24,28)(H,25,29)/t12-,13-,14-,15-,16-,17+/m0/s1. The third kappa shape index (κ3) is 5.17. The van der Waals surface area contributed by atoms with Gasteiger partial charge in [0.2, 0.25) is 27.7 Å². The molecule has 3 N–H and O–H groups in total. The molecule has 3 fully saturated rings. The highest BCUT2D eigenvalue weighted by atomic mass is 32.2. The largest absolute Gasteiger partial charge is 0.356 e. The van der Waals surface area contributed by atoms with Gasteiger partial charge in [-0.05, 0) is 35.5 Å². The second-order valence-corrected chi connectivity index (χ2v) is 13.1. The Kier molecular flexibility index (Phi) is 6.59. The van der Waals surface area contributed by atoms with Gasteiger partial charge in [0.25, 0.3) is 0 Å². The predicted molar refractivity (Wildman–Crippen MR) is 121 cm³/mol. The summed E-state index contributed by atoms with van der Waals surface area (Å²) in [6, 6.07) is -0.607. The molecule has 6 atom stereocenters. The second kappa shape index (κ2) is 8.55. The van der Waals surface area contributed by atoms with Gasteiger partial charge in [-0.25, -0.2) is 13.1 Å². The van der Waals surface area contributed by atoms with Crippen LogP contribution in [0.3, 0.4) is 0 Å². The maximum atomic E-state index is 13.5. The molecular weight excluding hydrogens is 446 g/mol. The number of sulfonamides is 1. The molecule has 1 aliphatic carbocycles. The van der Waals surface area contributed by atoms with E-state index in [4.69, 9.17) is 0 Å². The molecule has 2 aliphatic heterocycles. The average molecular weight is 482 g/mol. The van der Waals surface area contributed by atoms with Crippen LogP contribution in [0.4, 0.5) is 0 Å². The van der Waals surface area contributed by atoms with E-state index in [9.17, 15) is 28.1 Å². The third-order valence-corrected chi connectivity index (χ3v) is 8.02. The number of likely N-dealkylation sites (tertiary alicyclic amines) is 1. The molecule has 0 unspecified atom stereocenters. The van der Waals surface area contributed by atoms with Gasteiger partial charge < -0.3 is 15.5 Å². The number of carbonyl (C=O) groups is 3. The van der Waals surface area contributed by atoms with Crippen LogP contribution in [0.5, 0.6) is 0 Å². The quantitative estimate of drug-likeness (QED) is 0.465. The second-order valence-electron chi connectivity index (χ2n) is 11.3. The van der Waals surface area contributed by atoms with Gasteiger partial charge in [0.05, 0.1) is 12.3 Å². The van der Waals surface area contributed by atoms with Gasteiger partial charge in [-0.3, -0.25) is 14.4 Å². The van der Waals surface area contributed by atoms with Gasteiger partial charge >= 0.3 is 0 Å². The molecule has 0 bridgehead atoms. The summed E-state index contributed by atoms with van der Waals surface area (Å²) in [5.41, 5.74) is -0.845. The Labute approximate surface area is 195 Å². The van der Waals surface area contributed by atoms with Gasteiger partial charge in [-0.15, -0.1) is 0 Å². The summed E-state index contributed by atoms with van der Waals surface area (Å²) in [4.78, 5) is 40.3. The predicted octanol–water partition coefficient (Wildman–Crippen LogP) is -0.0321. The lowest BCUT2D eigenvalue weighted by Crippen LogP contribution is -2.59. The Hall–Kier alpha value is -2.19. The number of amides is 3. The Morgan fingerprint density at radius 1 is 1.33 bits per heavy atom. The topological polar surface area (TPSA) is 148 Å². The molecule has 0 aromatic rings. The summed E-state index contributed by atoms with van der Waals surface area (Å²) in [6.07, 6.45) is 1.83. The Balaban J connectivity index is 1.81. The Morgan fingerprint density at radius 2 is 1.97 bits per heavy atom. The summed E-state index contributed by atoms with van der Waals surface area (Å²) in [5.74, 6) is -1.28. The van der Waals surface area contributed by atoms with Crippen LogP contribution in [-0.2, 0) is 24.4 Å². The lowest BCUT2D eigenvalue weighted by atomic mass is 9.86. The fraction of sp³-hybridized carbons (Fsp3) is 0.818. The fourth-order valence-corrected chi connectivity index (χ4v) is 6.23. The first kappa shape index (κ1) is 25.4. The Morgan fingerprint density at radius 3 is 2.45 bits per heavy atom. The molecule has 3 rings (SSSR count). The zero-order chi connectivity index (χ0) is 24.9. The number of nitrogens with one attached hydrogen (secondary N) is 3. The number of hydrogen-bond acceptors (Lipinski definition) is 6. The highest BCUT2D eigenvalue weighted by molar-refractivity contribution is 7.88. The number of piperidine rings is 1. The SMILES string of the molecule is CC(C)(C)[C@H](NS(C)(=O)=O)C(=O)N1C[C@H]2[C@@H]([C@H]1C(=O)N[C@H](C#N)C[C@@H]1CCNC1=O)C2(C)C. The lowest BCUT2D eigenvalue weighted by molar-refractivity contribution is -0.143. The molecule has 10 nitrogen and oxygen atoms in total. The Bertz CT molecular complexity index is 980. The number of carbonyl (C=O) groups excluding carboxylic acids is 3. The monoisotopic (exact) mass is 481 g/mol. The van der Waals surface area contributed by atoms with Crippen molar-refractivity contribution in [2.24, 2.45) is 28.6 Å². The van der Waals surface area contributed by atoms with Crippen molar-refractivity contribution in [1.82, 2.24) is 20.3 Å². The summed E-state index contributed by atoms with van der Waals surface area (Å²) >= 11 is 0. The zero-order valence-corrected chi connectivity index (χ0v) is 21.0. The highest BCUT2D eigenvalue weighted by Gasteiger charge is 2.69. The van der Waals surface area contributed by atoms with Crippen molar-refractivity contribution >= 4 is 27.7 Å². The van der Waals surface area contributed by atoms with Crippen molar-refractivity contribution in [2.45, 2.75) is 65.6 Å². The van der Waals surface area contributed by atoms with Crippen molar-refractivity contribution in [2.75, 3.05) is 19.3 Å². The molecule has 2 saturated heterocycles. The van der Waals surface area contributed by atoms with Crippen LogP contribution in [0.15, 0.2) is 0 Å². The summed E-state index contributed by atoms with van der Waals surface area (Å²) < 4.78 is 26.3. The van der Waals surface area contributed by atoms with Crippen LogP contribution in [0.2, 0.25) is 0 Å². The molecule has 0 aromatic heterocycles. The van der Waals surface area contributed by atoms with Crippen molar-refractivity contribution in [1.29, 1.82) is 5.26 Å². The minimum absolute atomic E-state index is 0.0746. The first-order chi connectivity index (χ1) is 15.1. The molecular formula is C22H35N5O5S. The van der Waals surface area contributed by atoms with Gasteiger partial charge in [0.15, 0.2) is 0 Å². The normalized spacial score (nSPS) is 30.1. The minimum Gasteiger partial charge on any atom is -0.356 e. The molecule has 0 spiro atoms. The maximum absolute atomic E-state index is 13.5. The molecule has 1 saturated carbocycles. The van der Waals surface area contributed by atoms with Crippen molar-refractivity contribution in [3.63, 3.8) is 0 Å². The van der Waals surface area contributed by atoms with E-state index in [0.29, 0.717) is 19.5 Å². The number of nitriles is 1. The van der Waals surface area contributed by atoms with Gasteiger partial charge in [-0.1, -0.05) is 34.6 Å². The fourth-order valence-electron chi connectivity index (χ4n) is 5.35. The molecule has 3 amide bonds. The van der Waals surface area contributed by atoms with Crippen molar-refractivity contribution < 1.29 is 22.8 Å². The third-order valence-electron chi connectivity index (χ3n) is 7.36. The molecule has 184 valence electrons. The van der Waals surface area contributed by atoms with Crippen LogP contribution in [0, 0.1) is 39.9 Å². The molecule has 33 heavy (non-hydrogen) atoms. The molecule has 3 aliphatic rings. The van der Waals surface area contributed by atoms with Crippen molar-refractivity contribution in [3.05, 3.63) is 0 Å². The molecule has 11 heteroatoms. The highest BCUT2D eigenvalue weighted by Crippen LogP contribution is 2.65. The summed E-state index contributed by atoms with van der Waals surface area (Å²) in [7, 11) is -3.66. The smallest absolute Gasteiger partial charge is 0.244 e. The van der Waals surface area contributed by atoms with Crippen LogP contribution in [0.25, 0.3) is 0 Å². The van der Waals surface area contributed by atoms with Crippen molar-refractivity contribution in [3.8, 4) is 6.07 Å². The number of nitrogens with zero attached hydrogens (tertiary/aromatic N) is 2. The van der Waals surface area contributed by atoms with E-state index in [1.807, 2.05) is 13.8 Å². The van der Waals surface area contributed by atoms with E-state index >= 15 is 0 Å². The van der Waals surface area contributed by atoms with E-state index < -0.39 is 45.4 Å².